The van der Waals surface area contributed by atoms with Crippen LogP contribution in [-0.2, 0) is 16.1 Å². The molecule has 0 radical (unpaired) electrons. The second kappa shape index (κ2) is 4.45. The SMILES string of the molecule is [13CH2]=[13C]([13CH3])[13C](=O)OCc1ccccc1. The minimum absolute atomic E-state index is 0.312. The minimum Gasteiger partial charge on any atom is -0.457 e. The molecule has 13 heavy (non-hydrogen) atoms. The van der Waals surface area contributed by atoms with Gasteiger partial charge in [0.15, 0.2) is 0 Å². The van der Waals surface area contributed by atoms with Gasteiger partial charge in [0.25, 0.3) is 0 Å². The van der Waals surface area contributed by atoms with Crippen LogP contribution in [0.5, 0.6) is 0 Å². The van der Waals surface area contributed by atoms with Gasteiger partial charge >= 0.3 is 5.97 Å². The van der Waals surface area contributed by atoms with E-state index in [1.165, 1.54) is 0 Å². The highest BCUT2D eigenvalue weighted by molar-refractivity contribution is 5.86. The van der Waals surface area contributed by atoms with Crippen molar-refractivity contribution in [3.8, 4) is 0 Å². The molecule has 0 aliphatic rings. The van der Waals surface area contributed by atoms with Gasteiger partial charge in [-0.15, -0.1) is 0 Å². The molecule has 0 aromatic heterocycles. The highest BCUT2D eigenvalue weighted by Gasteiger charge is 2.02. The number of carbonyl (C=O) groups is 1. The van der Waals surface area contributed by atoms with E-state index < -0.39 is 0 Å². The van der Waals surface area contributed by atoms with Crippen LogP contribution >= 0.6 is 0 Å². The standard InChI is InChI=1S/C11H12O2/c1-9(2)11(12)13-8-10-6-4-3-5-7-10/h3-7H,1,8H2,2H3/i1+1,2+1,9+1,11+1. The molecule has 0 bridgehead atoms. The van der Waals surface area contributed by atoms with Crippen molar-refractivity contribution in [3.05, 3.63) is 48.0 Å². The molecule has 0 heterocycles. The van der Waals surface area contributed by atoms with Gasteiger partial charge in [0, 0.05) is 5.57 Å². The van der Waals surface area contributed by atoms with Gasteiger partial charge in [0.1, 0.15) is 6.61 Å². The van der Waals surface area contributed by atoms with Crippen molar-refractivity contribution in [2.24, 2.45) is 0 Å². The van der Waals surface area contributed by atoms with Crippen LogP contribution in [0, 0.1) is 0 Å². The third kappa shape index (κ3) is 3.11. The molecule has 1 aromatic rings. The molecule has 2 nitrogen and oxygen atoms in total. The molecule has 0 saturated carbocycles. The summed E-state index contributed by atoms with van der Waals surface area (Å²) in [4.78, 5) is 11.0. The fourth-order valence-electron chi connectivity index (χ4n) is 0.846. The van der Waals surface area contributed by atoms with E-state index in [1.807, 2.05) is 30.3 Å². The van der Waals surface area contributed by atoms with Crippen LogP contribution in [-0.4, -0.2) is 5.97 Å². The van der Waals surface area contributed by atoms with Crippen LogP contribution in [0.2, 0.25) is 0 Å². The maximum Gasteiger partial charge on any atom is 0.333 e. The van der Waals surface area contributed by atoms with Gasteiger partial charge < -0.3 is 4.74 Å². The highest BCUT2D eigenvalue weighted by Crippen LogP contribution is 2.02. The molecular formula is C11H12O2. The van der Waals surface area contributed by atoms with Crippen molar-refractivity contribution in [3.63, 3.8) is 0 Å². The molecule has 0 atom stereocenters. The largest absolute Gasteiger partial charge is 0.457 e. The van der Waals surface area contributed by atoms with Gasteiger partial charge in [-0.3, -0.25) is 0 Å². The Kier molecular flexibility index (Phi) is 3.26. The third-order valence-electron chi connectivity index (χ3n) is 1.56. The second-order valence-corrected chi connectivity index (χ2v) is 2.84. The zero-order chi connectivity index (χ0) is 9.68. The maximum absolute atomic E-state index is 11.0. The van der Waals surface area contributed by atoms with Crippen LogP contribution in [0.25, 0.3) is 0 Å². The van der Waals surface area contributed by atoms with Crippen LogP contribution in [0.15, 0.2) is 42.5 Å². The lowest BCUT2D eigenvalue weighted by Crippen LogP contribution is -2.04. The Morgan fingerprint density at radius 2 is 2.00 bits per heavy atom. The highest BCUT2D eigenvalue weighted by atomic mass is 16.6. The predicted molar refractivity (Wildman–Crippen MR) is 51.1 cm³/mol. The van der Waals surface area contributed by atoms with Crippen LogP contribution in [0.1, 0.15) is 12.5 Å². The van der Waals surface area contributed by atoms with Crippen molar-refractivity contribution in [1.29, 1.82) is 0 Å². The summed E-state index contributed by atoms with van der Waals surface area (Å²) in [7, 11) is 0. The molecule has 0 aliphatic carbocycles. The summed E-state index contributed by atoms with van der Waals surface area (Å²) < 4.78 is 4.95. The monoisotopic (exact) mass is 180 g/mol. The van der Waals surface area contributed by atoms with Crippen molar-refractivity contribution < 1.29 is 9.53 Å². The molecule has 2 heteroatoms. The number of hydrogen-bond acceptors (Lipinski definition) is 2. The van der Waals surface area contributed by atoms with Crippen LogP contribution < -0.4 is 0 Å². The lowest BCUT2D eigenvalue weighted by molar-refractivity contribution is -0.140. The van der Waals surface area contributed by atoms with E-state index in [-0.39, 0.29) is 5.97 Å². The predicted octanol–water partition coefficient (Wildman–Crippen LogP) is 2.31. The Hall–Kier alpha value is -1.57. The molecule has 0 N–H and O–H groups in total. The van der Waals surface area contributed by atoms with E-state index in [9.17, 15) is 4.79 Å². The van der Waals surface area contributed by atoms with E-state index in [0.29, 0.717) is 12.2 Å². The lowest BCUT2D eigenvalue weighted by Gasteiger charge is -2.03. The third-order valence-corrected chi connectivity index (χ3v) is 1.56. The van der Waals surface area contributed by atoms with Gasteiger partial charge in [-0.05, 0) is 12.5 Å². The van der Waals surface area contributed by atoms with Gasteiger partial charge in [0.2, 0.25) is 0 Å². The zero-order valence-corrected chi connectivity index (χ0v) is 7.62. The Morgan fingerprint density at radius 1 is 1.38 bits per heavy atom. The van der Waals surface area contributed by atoms with Crippen molar-refractivity contribution in [2.75, 3.05) is 0 Å². The van der Waals surface area contributed by atoms with Gasteiger partial charge in [0.05, 0.1) is 0 Å². The number of carbonyl (C=O) groups excluding carboxylic acids is 1. The Labute approximate surface area is 77.8 Å². The van der Waals surface area contributed by atoms with E-state index in [0.717, 1.165) is 5.56 Å². The maximum atomic E-state index is 11.0. The van der Waals surface area contributed by atoms with Crippen molar-refractivity contribution in [2.45, 2.75) is 13.5 Å². The van der Waals surface area contributed by atoms with E-state index in [2.05, 4.69) is 6.58 Å². The summed E-state index contributed by atoms with van der Waals surface area (Å²) in [6.45, 7) is 5.44. The van der Waals surface area contributed by atoms with E-state index >= 15 is 0 Å². The summed E-state index contributed by atoms with van der Waals surface area (Å²) in [5, 5.41) is 0. The summed E-state index contributed by atoms with van der Waals surface area (Å²) in [5.74, 6) is -0.344. The van der Waals surface area contributed by atoms with Crippen molar-refractivity contribution >= 4 is 5.97 Å². The summed E-state index contributed by atoms with van der Waals surface area (Å²) in [6.07, 6.45) is 0. The van der Waals surface area contributed by atoms with Gasteiger partial charge in [-0.2, -0.15) is 0 Å². The molecule has 0 aliphatic heterocycles. The molecule has 0 spiro atoms. The molecule has 0 amide bonds. The first kappa shape index (κ1) is 9.52. The topological polar surface area (TPSA) is 26.3 Å². The number of esters is 1. The number of hydrogen-bond donors (Lipinski definition) is 0. The number of rotatable bonds is 3. The fourth-order valence-corrected chi connectivity index (χ4v) is 0.846. The Bertz CT molecular complexity index is 301. The van der Waals surface area contributed by atoms with Crippen molar-refractivity contribution in [1.82, 2.24) is 0 Å². The molecule has 1 rings (SSSR count). The second-order valence-electron chi connectivity index (χ2n) is 2.84. The molecule has 0 fully saturated rings. The zero-order valence-electron chi connectivity index (χ0n) is 7.62. The first-order valence-corrected chi connectivity index (χ1v) is 4.06. The van der Waals surface area contributed by atoms with E-state index in [4.69, 9.17) is 4.74 Å². The molecule has 0 unspecified atom stereocenters. The lowest BCUT2D eigenvalue weighted by atomic mass is 10.2. The number of benzene rings is 1. The van der Waals surface area contributed by atoms with Crippen LogP contribution in [0.3, 0.4) is 0 Å². The van der Waals surface area contributed by atoms with Gasteiger partial charge in [-0.25, -0.2) is 4.79 Å². The summed E-state index contributed by atoms with van der Waals surface area (Å²) in [5.41, 5.74) is 1.41. The summed E-state index contributed by atoms with van der Waals surface area (Å²) >= 11 is 0. The average molecular weight is 180 g/mol. The molecule has 1 aromatic carbocycles. The number of ether oxygens (including phenoxy) is 1. The summed E-state index contributed by atoms with van der Waals surface area (Å²) in [6, 6.07) is 9.55. The normalized spacial score (nSPS) is 9.31. The smallest absolute Gasteiger partial charge is 0.333 e. The first-order chi connectivity index (χ1) is 6.20. The molecular weight excluding hydrogens is 168 g/mol. The Balaban J connectivity index is 2.44. The first-order valence-electron chi connectivity index (χ1n) is 4.06. The fraction of sp³-hybridized carbons (Fsp3) is 0.182. The molecule has 0 saturated heterocycles. The van der Waals surface area contributed by atoms with Gasteiger partial charge in [-0.1, -0.05) is 36.9 Å². The van der Waals surface area contributed by atoms with E-state index in [1.54, 1.807) is 6.92 Å². The average Bonchev–Trinajstić information content (AvgIpc) is 2.15. The van der Waals surface area contributed by atoms with Crippen LogP contribution in [0.4, 0.5) is 0 Å². The minimum atomic E-state index is -0.344. The molecule has 68 valence electrons. The quantitative estimate of drug-likeness (QED) is 0.405. The Morgan fingerprint density at radius 3 is 2.54 bits per heavy atom.